The Bertz CT molecular complexity index is 442. The number of benzene rings is 1. The van der Waals surface area contributed by atoms with Crippen LogP contribution in [0.15, 0.2) is 24.3 Å². The van der Waals surface area contributed by atoms with Crippen LogP contribution in [0, 0.1) is 3.57 Å². The first-order chi connectivity index (χ1) is 7.40. The van der Waals surface area contributed by atoms with Crippen molar-refractivity contribution in [3.05, 3.63) is 33.4 Å². The fourth-order valence-corrected chi connectivity index (χ4v) is 2.88. The normalized spacial score (nSPS) is 13.7. The van der Waals surface area contributed by atoms with Gasteiger partial charge >= 0.3 is 0 Å². The summed E-state index contributed by atoms with van der Waals surface area (Å²) in [4.78, 5) is 0. The van der Waals surface area contributed by atoms with Crippen molar-refractivity contribution in [2.45, 2.75) is 18.9 Å². The van der Waals surface area contributed by atoms with Crippen molar-refractivity contribution in [1.82, 2.24) is 0 Å². The van der Waals surface area contributed by atoms with E-state index < -0.39 is 15.9 Å². The van der Waals surface area contributed by atoms with E-state index >= 15 is 0 Å². The van der Waals surface area contributed by atoms with E-state index in [1.54, 1.807) is 0 Å². The Morgan fingerprint density at radius 2 is 2.00 bits per heavy atom. The molecule has 0 radical (unpaired) electrons. The minimum absolute atomic E-state index is 0.132. The molecule has 1 N–H and O–H groups in total. The Labute approximate surface area is 110 Å². The molecule has 1 atom stereocenters. The summed E-state index contributed by atoms with van der Waals surface area (Å²) in [6.45, 7) is 0. The van der Waals surface area contributed by atoms with Crippen LogP contribution in [0.5, 0.6) is 0 Å². The fourth-order valence-electron chi connectivity index (χ4n) is 1.44. The van der Waals surface area contributed by atoms with Gasteiger partial charge in [-0.15, -0.1) is 0 Å². The Hall–Kier alpha value is -0.140. The number of hydrogen-bond acceptors (Lipinski definition) is 3. The minimum Gasteiger partial charge on any atom is -0.388 e. The Balaban J connectivity index is 2.54. The van der Waals surface area contributed by atoms with E-state index in [2.05, 4.69) is 22.6 Å². The predicted molar refractivity (Wildman–Crippen MR) is 73.1 cm³/mol. The molecule has 0 aromatic heterocycles. The maximum absolute atomic E-state index is 10.9. The van der Waals surface area contributed by atoms with Crippen LogP contribution in [0.3, 0.4) is 0 Å². The fraction of sp³-hybridized carbons (Fsp3) is 0.455. The van der Waals surface area contributed by atoms with Crippen LogP contribution in [-0.2, 0) is 9.84 Å². The van der Waals surface area contributed by atoms with Gasteiger partial charge in [0.2, 0.25) is 0 Å². The van der Waals surface area contributed by atoms with Crippen molar-refractivity contribution in [2.75, 3.05) is 12.0 Å². The third-order valence-corrected chi connectivity index (χ3v) is 4.27. The van der Waals surface area contributed by atoms with Crippen LogP contribution in [0.1, 0.15) is 24.5 Å². The maximum atomic E-state index is 10.9. The highest BCUT2D eigenvalue weighted by Crippen LogP contribution is 2.23. The summed E-state index contributed by atoms with van der Waals surface area (Å²) in [5.74, 6) is 0.132. The van der Waals surface area contributed by atoms with Crippen LogP contribution in [0.4, 0.5) is 0 Å². The number of hydrogen-bond donors (Lipinski definition) is 1. The van der Waals surface area contributed by atoms with Crippen molar-refractivity contribution in [1.29, 1.82) is 0 Å². The molecule has 1 aromatic carbocycles. The van der Waals surface area contributed by atoms with Gasteiger partial charge in [0.05, 0.1) is 6.10 Å². The zero-order chi connectivity index (χ0) is 12.2. The molecule has 5 heteroatoms. The molecule has 0 aliphatic rings. The van der Waals surface area contributed by atoms with Crippen LogP contribution in [-0.4, -0.2) is 25.5 Å². The first-order valence-electron chi connectivity index (χ1n) is 5.00. The molecule has 0 aliphatic carbocycles. The zero-order valence-corrected chi connectivity index (χ0v) is 12.0. The lowest BCUT2D eigenvalue weighted by atomic mass is 10.1. The lowest BCUT2D eigenvalue weighted by Crippen LogP contribution is -2.06. The quantitative estimate of drug-likeness (QED) is 0.825. The summed E-state index contributed by atoms with van der Waals surface area (Å²) in [7, 11) is -2.93. The van der Waals surface area contributed by atoms with Gasteiger partial charge in [0.25, 0.3) is 0 Å². The summed E-state index contributed by atoms with van der Waals surface area (Å²) in [6.07, 6.45) is 1.61. The minimum atomic E-state index is -2.93. The second-order valence-electron chi connectivity index (χ2n) is 3.81. The topological polar surface area (TPSA) is 54.4 Å². The van der Waals surface area contributed by atoms with E-state index in [9.17, 15) is 13.5 Å². The molecule has 1 rings (SSSR count). The highest BCUT2D eigenvalue weighted by atomic mass is 127. The van der Waals surface area contributed by atoms with Crippen molar-refractivity contribution in [3.8, 4) is 0 Å². The van der Waals surface area contributed by atoms with Gasteiger partial charge in [-0.2, -0.15) is 0 Å². The molecule has 16 heavy (non-hydrogen) atoms. The number of sulfone groups is 1. The maximum Gasteiger partial charge on any atom is 0.147 e. The molecule has 0 spiro atoms. The van der Waals surface area contributed by atoms with Crippen LogP contribution in [0.2, 0.25) is 0 Å². The predicted octanol–water partition coefficient (Wildman–Crippen LogP) is 2.15. The monoisotopic (exact) mass is 354 g/mol. The van der Waals surface area contributed by atoms with E-state index in [0.717, 1.165) is 9.13 Å². The number of rotatable bonds is 5. The van der Waals surface area contributed by atoms with E-state index in [1.807, 2.05) is 24.3 Å². The SMILES string of the molecule is CS(=O)(=O)CCCC(O)c1ccccc1I. The molecule has 1 aromatic rings. The summed E-state index contributed by atoms with van der Waals surface area (Å²) < 4.78 is 22.9. The lowest BCUT2D eigenvalue weighted by Gasteiger charge is -2.12. The van der Waals surface area contributed by atoms with Gasteiger partial charge in [-0.1, -0.05) is 18.2 Å². The first-order valence-corrected chi connectivity index (χ1v) is 8.14. The van der Waals surface area contributed by atoms with E-state index in [4.69, 9.17) is 0 Å². The third kappa shape index (κ3) is 4.80. The Morgan fingerprint density at radius 3 is 2.56 bits per heavy atom. The molecule has 0 saturated heterocycles. The van der Waals surface area contributed by atoms with Gasteiger partial charge in [0.1, 0.15) is 9.84 Å². The third-order valence-electron chi connectivity index (χ3n) is 2.26. The smallest absolute Gasteiger partial charge is 0.147 e. The van der Waals surface area contributed by atoms with Gasteiger partial charge in [0.15, 0.2) is 0 Å². The molecule has 0 saturated carbocycles. The van der Waals surface area contributed by atoms with Crippen LogP contribution >= 0.6 is 22.6 Å². The van der Waals surface area contributed by atoms with Crippen LogP contribution < -0.4 is 0 Å². The second-order valence-corrected chi connectivity index (χ2v) is 7.23. The van der Waals surface area contributed by atoms with Crippen LogP contribution in [0.25, 0.3) is 0 Å². The number of aliphatic hydroxyl groups excluding tert-OH is 1. The van der Waals surface area contributed by atoms with Gasteiger partial charge in [-0.05, 0) is 47.1 Å². The molecule has 0 heterocycles. The van der Waals surface area contributed by atoms with Gasteiger partial charge in [-0.25, -0.2) is 8.42 Å². The molecule has 0 aliphatic heterocycles. The average molecular weight is 354 g/mol. The standard InChI is InChI=1S/C11H15IO3S/c1-16(14,15)8-4-7-11(13)9-5-2-3-6-10(9)12/h2-3,5-6,11,13H,4,7-8H2,1H3. The van der Waals surface area contributed by atoms with E-state index in [0.29, 0.717) is 12.8 Å². The van der Waals surface area contributed by atoms with E-state index in [1.165, 1.54) is 6.26 Å². The second kappa shape index (κ2) is 5.97. The highest BCUT2D eigenvalue weighted by Gasteiger charge is 2.11. The van der Waals surface area contributed by atoms with Crippen molar-refractivity contribution >= 4 is 32.4 Å². The Morgan fingerprint density at radius 1 is 1.38 bits per heavy atom. The van der Waals surface area contributed by atoms with Crippen molar-refractivity contribution in [2.24, 2.45) is 0 Å². The molecule has 0 fully saturated rings. The summed E-state index contributed by atoms with van der Waals surface area (Å²) in [6, 6.07) is 7.58. The van der Waals surface area contributed by atoms with Crippen molar-refractivity contribution in [3.63, 3.8) is 0 Å². The lowest BCUT2D eigenvalue weighted by molar-refractivity contribution is 0.166. The summed E-state index contributed by atoms with van der Waals surface area (Å²) >= 11 is 2.17. The van der Waals surface area contributed by atoms with Crippen molar-refractivity contribution < 1.29 is 13.5 Å². The first kappa shape index (κ1) is 13.9. The van der Waals surface area contributed by atoms with E-state index in [-0.39, 0.29) is 5.75 Å². The molecule has 0 bridgehead atoms. The van der Waals surface area contributed by atoms with Gasteiger partial charge < -0.3 is 5.11 Å². The zero-order valence-electron chi connectivity index (χ0n) is 9.06. The molecular formula is C11H15IO3S. The largest absolute Gasteiger partial charge is 0.388 e. The van der Waals surface area contributed by atoms with Gasteiger partial charge in [-0.3, -0.25) is 0 Å². The molecule has 1 unspecified atom stereocenters. The highest BCUT2D eigenvalue weighted by molar-refractivity contribution is 14.1. The molecule has 0 amide bonds. The number of aliphatic hydroxyl groups is 1. The Kier molecular flexibility index (Phi) is 5.20. The molecule has 3 nitrogen and oxygen atoms in total. The van der Waals surface area contributed by atoms with Gasteiger partial charge in [0, 0.05) is 15.6 Å². The molecule has 90 valence electrons. The average Bonchev–Trinajstić information content (AvgIpc) is 2.16. The molecular weight excluding hydrogens is 339 g/mol. The summed E-state index contributed by atoms with van der Waals surface area (Å²) in [5, 5.41) is 9.90. The summed E-state index contributed by atoms with van der Waals surface area (Å²) in [5.41, 5.74) is 0.872. The number of halogens is 1.